The van der Waals surface area contributed by atoms with Gasteiger partial charge in [0.2, 0.25) is 0 Å². The summed E-state index contributed by atoms with van der Waals surface area (Å²) in [5.41, 5.74) is 5.03. The van der Waals surface area contributed by atoms with Crippen LogP contribution in [0.1, 0.15) is 18.3 Å². The number of imidazole rings is 1. The maximum atomic E-state index is 6.27. The van der Waals surface area contributed by atoms with Gasteiger partial charge in [0, 0.05) is 16.8 Å². The Hall–Kier alpha value is -3.01. The van der Waals surface area contributed by atoms with Crippen LogP contribution < -0.4 is 4.74 Å². The molecule has 30 heavy (non-hydrogen) atoms. The average molecular weight is 435 g/mol. The zero-order chi connectivity index (χ0) is 20.9. The van der Waals surface area contributed by atoms with E-state index in [-0.39, 0.29) is 0 Å². The van der Waals surface area contributed by atoms with Crippen LogP contribution in [0, 0.1) is 0 Å². The van der Waals surface area contributed by atoms with Crippen LogP contribution in [0.5, 0.6) is 5.75 Å². The first-order chi connectivity index (χ1) is 14.6. The summed E-state index contributed by atoms with van der Waals surface area (Å²) in [6.07, 6.45) is 5.80. The van der Waals surface area contributed by atoms with Crippen molar-refractivity contribution < 1.29 is 4.74 Å². The molecule has 0 saturated heterocycles. The zero-order valence-corrected chi connectivity index (χ0v) is 17.9. The number of aromatic amines is 1. The van der Waals surface area contributed by atoms with Gasteiger partial charge in [-0.15, -0.1) is 0 Å². The molecule has 1 N–H and O–H groups in total. The molecule has 1 aromatic heterocycles. The molecule has 0 bridgehead atoms. The minimum Gasteiger partial charge on any atom is -0.494 e. The Morgan fingerprint density at radius 2 is 1.60 bits per heavy atom. The van der Waals surface area contributed by atoms with Crippen LogP contribution in [-0.2, 0) is 0 Å². The molecule has 1 heterocycles. The number of nitrogens with zero attached hydrogens (tertiary/aromatic N) is 1. The number of benzene rings is 3. The van der Waals surface area contributed by atoms with Crippen molar-refractivity contribution in [2.75, 3.05) is 6.61 Å². The highest BCUT2D eigenvalue weighted by Gasteiger charge is 2.07. The first-order valence-electron chi connectivity index (χ1n) is 9.64. The predicted molar refractivity (Wildman–Crippen MR) is 126 cm³/mol. The largest absolute Gasteiger partial charge is 0.494 e. The molecule has 0 fully saturated rings. The molecule has 0 aliphatic heterocycles. The zero-order valence-electron chi connectivity index (χ0n) is 16.4. The van der Waals surface area contributed by atoms with Crippen molar-refractivity contribution in [3.8, 4) is 28.1 Å². The third-order valence-corrected chi connectivity index (χ3v) is 5.20. The average Bonchev–Trinajstić information content (AvgIpc) is 3.22. The Kier molecular flexibility index (Phi) is 6.22. The van der Waals surface area contributed by atoms with Crippen molar-refractivity contribution in [2.45, 2.75) is 6.92 Å². The van der Waals surface area contributed by atoms with Gasteiger partial charge in [0.05, 0.1) is 17.3 Å². The van der Waals surface area contributed by atoms with Gasteiger partial charge in [-0.25, -0.2) is 4.98 Å². The molecule has 0 amide bonds. The van der Waals surface area contributed by atoms with Crippen LogP contribution in [0.25, 0.3) is 34.5 Å². The molecule has 0 radical (unpaired) electrons. The van der Waals surface area contributed by atoms with Gasteiger partial charge in [0.25, 0.3) is 0 Å². The summed E-state index contributed by atoms with van der Waals surface area (Å²) in [6, 6.07) is 21.9. The lowest BCUT2D eigenvalue weighted by Gasteiger charge is -2.05. The number of hydrogen-bond acceptors (Lipinski definition) is 2. The van der Waals surface area contributed by atoms with E-state index in [9.17, 15) is 0 Å². The van der Waals surface area contributed by atoms with Crippen molar-refractivity contribution in [3.05, 3.63) is 94.4 Å². The predicted octanol–water partition coefficient (Wildman–Crippen LogP) is 7.62. The molecule has 0 unspecified atom stereocenters. The minimum atomic E-state index is 0.578. The van der Waals surface area contributed by atoms with Crippen LogP contribution in [0.2, 0.25) is 10.0 Å². The first kappa shape index (κ1) is 20.3. The van der Waals surface area contributed by atoms with Crippen molar-refractivity contribution in [3.63, 3.8) is 0 Å². The normalized spacial score (nSPS) is 11.2. The van der Waals surface area contributed by atoms with Crippen LogP contribution in [0.4, 0.5) is 0 Å². The van der Waals surface area contributed by atoms with Crippen molar-refractivity contribution in [1.82, 2.24) is 9.97 Å². The second-order valence-corrected chi connectivity index (χ2v) is 7.55. The smallest absolute Gasteiger partial charge is 0.130 e. The van der Waals surface area contributed by atoms with E-state index in [2.05, 4.69) is 46.4 Å². The summed E-state index contributed by atoms with van der Waals surface area (Å²) in [6.45, 7) is 2.65. The summed E-state index contributed by atoms with van der Waals surface area (Å²) < 4.78 is 5.50. The topological polar surface area (TPSA) is 37.9 Å². The van der Waals surface area contributed by atoms with Gasteiger partial charge in [-0.2, -0.15) is 0 Å². The first-order valence-corrected chi connectivity index (χ1v) is 10.4. The summed E-state index contributed by atoms with van der Waals surface area (Å²) in [5, 5.41) is 1.18. The number of halogens is 2. The number of rotatable bonds is 6. The van der Waals surface area contributed by atoms with Gasteiger partial charge in [-0.1, -0.05) is 65.7 Å². The second-order valence-electron chi connectivity index (χ2n) is 6.71. The number of nitrogens with one attached hydrogen (secondary N) is 1. The molecule has 4 aromatic rings. The van der Waals surface area contributed by atoms with E-state index < -0.39 is 0 Å². The summed E-state index contributed by atoms with van der Waals surface area (Å²) >= 11 is 12.2. The van der Waals surface area contributed by atoms with E-state index in [0.717, 1.165) is 39.5 Å². The summed E-state index contributed by atoms with van der Waals surface area (Å²) in [4.78, 5) is 7.76. The lowest BCUT2D eigenvalue weighted by Crippen LogP contribution is -1.90. The van der Waals surface area contributed by atoms with E-state index >= 15 is 0 Å². The van der Waals surface area contributed by atoms with Crippen LogP contribution in [0.3, 0.4) is 0 Å². The molecule has 0 aliphatic rings. The molecule has 0 saturated carbocycles. The fourth-order valence-electron chi connectivity index (χ4n) is 3.13. The number of H-pyrrole nitrogens is 1. The molecule has 4 rings (SSSR count). The van der Waals surface area contributed by atoms with Crippen LogP contribution >= 0.6 is 23.2 Å². The molecule has 5 heteroatoms. The standard InChI is InChI=1S/C25H20Cl2N2O/c1-2-30-21-11-8-19(9-12-21)18-6-3-17(4-7-18)5-14-25-28-16-24(29-25)22-13-10-20(26)15-23(22)27/h3-16H,2H2,1H3,(H,28,29)/b14-5+. The van der Waals surface area contributed by atoms with Crippen molar-refractivity contribution >= 4 is 35.4 Å². The Morgan fingerprint density at radius 3 is 2.27 bits per heavy atom. The summed E-state index contributed by atoms with van der Waals surface area (Å²) in [7, 11) is 0. The maximum Gasteiger partial charge on any atom is 0.130 e. The van der Waals surface area contributed by atoms with E-state index in [1.807, 2.05) is 43.5 Å². The van der Waals surface area contributed by atoms with Crippen LogP contribution in [0.15, 0.2) is 72.9 Å². The molecular weight excluding hydrogens is 415 g/mol. The molecule has 0 atom stereocenters. The van der Waals surface area contributed by atoms with Crippen molar-refractivity contribution in [2.24, 2.45) is 0 Å². The van der Waals surface area contributed by atoms with Gasteiger partial charge < -0.3 is 9.72 Å². The minimum absolute atomic E-state index is 0.578. The second kappa shape index (κ2) is 9.21. The quantitative estimate of drug-likeness (QED) is 0.338. The van der Waals surface area contributed by atoms with E-state index in [4.69, 9.17) is 27.9 Å². The third kappa shape index (κ3) is 4.76. The highest BCUT2D eigenvalue weighted by atomic mass is 35.5. The van der Waals surface area contributed by atoms with Gasteiger partial charge in [0.15, 0.2) is 0 Å². The highest BCUT2D eigenvalue weighted by molar-refractivity contribution is 6.36. The van der Waals surface area contributed by atoms with Crippen LogP contribution in [-0.4, -0.2) is 16.6 Å². The maximum absolute atomic E-state index is 6.27. The number of aromatic nitrogens is 2. The van der Waals surface area contributed by atoms with Crippen molar-refractivity contribution in [1.29, 1.82) is 0 Å². The number of hydrogen-bond donors (Lipinski definition) is 1. The molecule has 0 aliphatic carbocycles. The fourth-order valence-corrected chi connectivity index (χ4v) is 3.63. The molecular formula is C25H20Cl2N2O. The Labute approximate surface area is 186 Å². The Bertz CT molecular complexity index is 1160. The van der Waals surface area contributed by atoms with Gasteiger partial charge in [0.1, 0.15) is 11.6 Å². The molecule has 3 aromatic carbocycles. The molecule has 3 nitrogen and oxygen atoms in total. The molecule has 150 valence electrons. The van der Waals surface area contributed by atoms with E-state index in [1.165, 1.54) is 0 Å². The van der Waals surface area contributed by atoms with E-state index in [1.54, 1.807) is 12.1 Å². The highest BCUT2D eigenvalue weighted by Crippen LogP contribution is 2.29. The monoisotopic (exact) mass is 434 g/mol. The van der Waals surface area contributed by atoms with Gasteiger partial charge in [-0.05, 0) is 60.0 Å². The Balaban J connectivity index is 1.46. The summed E-state index contributed by atoms with van der Waals surface area (Å²) in [5.74, 6) is 1.64. The fraction of sp³-hybridized carbons (Fsp3) is 0.0800. The Morgan fingerprint density at radius 1 is 0.900 bits per heavy atom. The third-order valence-electron chi connectivity index (χ3n) is 4.65. The SMILES string of the molecule is CCOc1ccc(-c2ccc(/C=C/c3nc(-c4ccc(Cl)cc4Cl)c[nH]3)cc2)cc1. The lowest BCUT2D eigenvalue weighted by molar-refractivity contribution is 0.340. The lowest BCUT2D eigenvalue weighted by atomic mass is 10.0. The van der Waals surface area contributed by atoms with Gasteiger partial charge >= 0.3 is 0 Å². The van der Waals surface area contributed by atoms with Gasteiger partial charge in [-0.3, -0.25) is 0 Å². The number of ether oxygens (including phenoxy) is 1. The molecule has 0 spiro atoms. The van der Waals surface area contributed by atoms with E-state index in [0.29, 0.717) is 16.7 Å².